The second kappa shape index (κ2) is 5.68. The zero-order chi connectivity index (χ0) is 15.9. The predicted octanol–water partition coefficient (Wildman–Crippen LogP) is 3.40. The molecule has 2 aliphatic rings. The van der Waals surface area contributed by atoms with Gasteiger partial charge in [0.2, 0.25) is 0 Å². The summed E-state index contributed by atoms with van der Waals surface area (Å²) in [6, 6.07) is 8.19. The highest BCUT2D eigenvalue weighted by atomic mass is 16.5. The number of fused-ring (bicyclic) bond motifs is 4. The van der Waals surface area contributed by atoms with Gasteiger partial charge < -0.3 is 9.72 Å². The quantitative estimate of drug-likeness (QED) is 0.794. The Bertz CT molecular complexity index is 726. The first-order valence-electron chi connectivity index (χ1n) is 8.69. The molecule has 4 heteroatoms. The minimum atomic E-state index is -0.246. The molecule has 1 aliphatic heterocycles. The number of para-hydroxylation sites is 1. The SMILES string of the molecule is COC(=O)[C@@H]1Cc2c([nH]c3ccccc23)C2(CCCCCC2)N1. The van der Waals surface area contributed by atoms with Crippen molar-refractivity contribution in [3.05, 3.63) is 35.5 Å². The van der Waals surface area contributed by atoms with E-state index in [4.69, 9.17) is 4.74 Å². The van der Waals surface area contributed by atoms with Crippen LogP contribution in [0.5, 0.6) is 0 Å². The topological polar surface area (TPSA) is 54.1 Å². The van der Waals surface area contributed by atoms with E-state index in [-0.39, 0.29) is 17.6 Å². The molecule has 2 heterocycles. The van der Waals surface area contributed by atoms with Crippen LogP contribution in [-0.2, 0) is 21.5 Å². The first kappa shape index (κ1) is 14.8. The Morgan fingerprint density at radius 2 is 1.91 bits per heavy atom. The lowest BCUT2D eigenvalue weighted by Crippen LogP contribution is -2.55. The van der Waals surface area contributed by atoms with E-state index in [1.54, 1.807) is 0 Å². The van der Waals surface area contributed by atoms with Crippen molar-refractivity contribution in [2.24, 2.45) is 0 Å². The Labute approximate surface area is 136 Å². The minimum absolute atomic E-state index is 0.109. The van der Waals surface area contributed by atoms with Gasteiger partial charge in [-0.05, 0) is 24.5 Å². The van der Waals surface area contributed by atoms with Crippen molar-refractivity contribution in [2.75, 3.05) is 7.11 Å². The number of benzene rings is 1. The number of H-pyrrole nitrogens is 1. The summed E-state index contributed by atoms with van der Waals surface area (Å²) in [5, 5.41) is 4.92. The molecule has 0 radical (unpaired) electrons. The van der Waals surface area contributed by atoms with Crippen LogP contribution in [0, 0.1) is 0 Å². The van der Waals surface area contributed by atoms with Gasteiger partial charge in [-0.2, -0.15) is 0 Å². The van der Waals surface area contributed by atoms with Crippen LogP contribution in [0.15, 0.2) is 24.3 Å². The van der Waals surface area contributed by atoms with Crippen LogP contribution in [-0.4, -0.2) is 24.1 Å². The molecule has 2 N–H and O–H groups in total. The number of methoxy groups -OCH3 is 1. The molecule has 1 atom stereocenters. The van der Waals surface area contributed by atoms with Gasteiger partial charge in [0.1, 0.15) is 6.04 Å². The highest BCUT2D eigenvalue weighted by Crippen LogP contribution is 2.43. The fourth-order valence-corrected chi connectivity index (χ4v) is 4.49. The zero-order valence-electron chi connectivity index (χ0n) is 13.7. The first-order valence-corrected chi connectivity index (χ1v) is 8.69. The third-order valence-electron chi connectivity index (χ3n) is 5.59. The Hall–Kier alpha value is -1.81. The van der Waals surface area contributed by atoms with Crippen LogP contribution >= 0.6 is 0 Å². The van der Waals surface area contributed by atoms with E-state index in [0.29, 0.717) is 6.42 Å². The lowest BCUT2D eigenvalue weighted by Gasteiger charge is -2.41. The molecular formula is C19H24N2O2. The maximum Gasteiger partial charge on any atom is 0.323 e. The average molecular weight is 312 g/mol. The second-order valence-electron chi connectivity index (χ2n) is 6.94. The van der Waals surface area contributed by atoms with Crippen molar-refractivity contribution < 1.29 is 9.53 Å². The van der Waals surface area contributed by atoms with Gasteiger partial charge in [0.25, 0.3) is 0 Å². The minimum Gasteiger partial charge on any atom is -0.468 e. The van der Waals surface area contributed by atoms with Crippen molar-refractivity contribution in [3.8, 4) is 0 Å². The summed E-state index contributed by atoms with van der Waals surface area (Å²) >= 11 is 0. The summed E-state index contributed by atoms with van der Waals surface area (Å²) < 4.78 is 5.05. The van der Waals surface area contributed by atoms with E-state index in [1.807, 2.05) is 0 Å². The van der Waals surface area contributed by atoms with Crippen molar-refractivity contribution in [2.45, 2.75) is 56.5 Å². The summed E-state index contributed by atoms with van der Waals surface area (Å²) in [4.78, 5) is 15.9. The van der Waals surface area contributed by atoms with E-state index < -0.39 is 0 Å². The number of esters is 1. The van der Waals surface area contributed by atoms with Crippen molar-refractivity contribution in [1.29, 1.82) is 0 Å². The number of aromatic amines is 1. The number of hydrogen-bond acceptors (Lipinski definition) is 3. The van der Waals surface area contributed by atoms with Crippen LogP contribution in [0.3, 0.4) is 0 Å². The largest absolute Gasteiger partial charge is 0.468 e. The molecule has 1 aromatic heterocycles. The molecule has 0 saturated heterocycles. The van der Waals surface area contributed by atoms with Crippen LogP contribution < -0.4 is 5.32 Å². The van der Waals surface area contributed by atoms with Gasteiger partial charge in [0, 0.05) is 23.0 Å². The molecule has 1 fully saturated rings. The molecule has 0 bridgehead atoms. The summed E-state index contributed by atoms with van der Waals surface area (Å²) in [7, 11) is 1.48. The van der Waals surface area contributed by atoms with E-state index in [9.17, 15) is 4.79 Å². The van der Waals surface area contributed by atoms with Crippen molar-refractivity contribution in [1.82, 2.24) is 10.3 Å². The van der Waals surface area contributed by atoms with E-state index >= 15 is 0 Å². The Morgan fingerprint density at radius 3 is 2.65 bits per heavy atom. The Kier molecular flexibility index (Phi) is 3.64. The monoisotopic (exact) mass is 312 g/mol. The molecule has 122 valence electrons. The normalized spacial score (nSPS) is 23.4. The maximum atomic E-state index is 12.3. The van der Waals surface area contributed by atoms with Gasteiger partial charge in [-0.3, -0.25) is 10.1 Å². The fourth-order valence-electron chi connectivity index (χ4n) is 4.49. The summed E-state index contributed by atoms with van der Waals surface area (Å²) in [5.41, 5.74) is 3.67. The van der Waals surface area contributed by atoms with Crippen LogP contribution in [0.25, 0.3) is 10.9 Å². The molecule has 23 heavy (non-hydrogen) atoms. The molecule has 0 amide bonds. The van der Waals surface area contributed by atoms with E-state index in [0.717, 1.165) is 12.8 Å². The number of rotatable bonds is 1. The Morgan fingerprint density at radius 1 is 1.17 bits per heavy atom. The lowest BCUT2D eigenvalue weighted by atomic mass is 9.79. The molecule has 4 rings (SSSR count). The smallest absolute Gasteiger partial charge is 0.323 e. The third-order valence-corrected chi connectivity index (χ3v) is 5.59. The third kappa shape index (κ3) is 2.36. The second-order valence-corrected chi connectivity index (χ2v) is 6.94. The van der Waals surface area contributed by atoms with Gasteiger partial charge in [-0.1, -0.05) is 43.9 Å². The van der Waals surface area contributed by atoms with Crippen LogP contribution in [0.4, 0.5) is 0 Å². The van der Waals surface area contributed by atoms with Gasteiger partial charge in [-0.25, -0.2) is 0 Å². The van der Waals surface area contributed by atoms with Crippen molar-refractivity contribution in [3.63, 3.8) is 0 Å². The molecule has 1 saturated carbocycles. The average Bonchev–Trinajstić information content (AvgIpc) is 2.81. The van der Waals surface area contributed by atoms with Gasteiger partial charge in [0.15, 0.2) is 0 Å². The van der Waals surface area contributed by atoms with Gasteiger partial charge in [-0.15, -0.1) is 0 Å². The maximum absolute atomic E-state index is 12.3. The summed E-state index contributed by atoms with van der Waals surface area (Å²) in [6.07, 6.45) is 7.84. The molecular weight excluding hydrogens is 288 g/mol. The van der Waals surface area contributed by atoms with Crippen LogP contribution in [0.1, 0.15) is 49.8 Å². The number of carbonyl (C=O) groups excluding carboxylic acids is 1. The lowest BCUT2D eigenvalue weighted by molar-refractivity contribution is -0.144. The fraction of sp³-hybridized carbons (Fsp3) is 0.526. The van der Waals surface area contributed by atoms with Gasteiger partial charge >= 0.3 is 5.97 Å². The van der Waals surface area contributed by atoms with E-state index in [2.05, 4.69) is 34.6 Å². The highest BCUT2D eigenvalue weighted by Gasteiger charge is 2.44. The predicted molar refractivity (Wildman–Crippen MR) is 90.3 cm³/mol. The number of carbonyl (C=O) groups is 1. The first-order chi connectivity index (χ1) is 11.2. The van der Waals surface area contributed by atoms with Gasteiger partial charge in [0.05, 0.1) is 12.6 Å². The molecule has 2 aromatic rings. The van der Waals surface area contributed by atoms with Crippen molar-refractivity contribution >= 4 is 16.9 Å². The summed E-state index contributed by atoms with van der Waals surface area (Å²) in [5.74, 6) is -0.149. The van der Waals surface area contributed by atoms with E-state index in [1.165, 1.54) is 55.0 Å². The molecule has 4 nitrogen and oxygen atoms in total. The molecule has 0 unspecified atom stereocenters. The number of ether oxygens (including phenoxy) is 1. The number of nitrogens with one attached hydrogen (secondary N) is 2. The standard InChI is InChI=1S/C19H24N2O2/c1-23-18(22)16-12-14-13-8-4-5-9-15(13)20-17(14)19(21-16)10-6-2-3-7-11-19/h4-5,8-9,16,20-21H,2-3,6-7,10-12H2,1H3/t16-/m0/s1. The van der Waals surface area contributed by atoms with Crippen LogP contribution in [0.2, 0.25) is 0 Å². The number of hydrogen-bond donors (Lipinski definition) is 2. The molecule has 1 aromatic carbocycles. The highest BCUT2D eigenvalue weighted by molar-refractivity contribution is 5.87. The molecule has 1 aliphatic carbocycles. The number of aromatic nitrogens is 1. The summed E-state index contributed by atoms with van der Waals surface area (Å²) in [6.45, 7) is 0. The Balaban J connectivity index is 1.87. The molecule has 1 spiro atoms. The zero-order valence-corrected chi connectivity index (χ0v) is 13.7.